The van der Waals surface area contributed by atoms with Crippen molar-refractivity contribution < 1.29 is 24.1 Å². The van der Waals surface area contributed by atoms with Gasteiger partial charge in [0.25, 0.3) is 0 Å². The van der Waals surface area contributed by atoms with Crippen LogP contribution in [0.5, 0.6) is 23.0 Å². The Balaban J connectivity index is 3.51. The first-order valence-electron chi connectivity index (χ1n) is 4.16. The second-order valence-electron chi connectivity index (χ2n) is 2.70. The first-order valence-corrected chi connectivity index (χ1v) is 4.16. The van der Waals surface area contributed by atoms with Crippen molar-refractivity contribution in [3.8, 4) is 23.0 Å². The van der Waals surface area contributed by atoms with Crippen LogP contribution in [-0.2, 0) is 0 Å². The van der Waals surface area contributed by atoms with E-state index in [1.54, 1.807) is 0 Å². The molecule has 0 saturated heterocycles. The third-order valence-corrected chi connectivity index (χ3v) is 1.96. The number of rotatable bonds is 4. The summed E-state index contributed by atoms with van der Waals surface area (Å²) in [6, 6.07) is 1.30. The van der Waals surface area contributed by atoms with Gasteiger partial charge in [-0.05, 0) is 0 Å². The highest BCUT2D eigenvalue weighted by Gasteiger charge is 2.19. The first-order chi connectivity index (χ1) is 7.19. The highest BCUT2D eigenvalue weighted by molar-refractivity contribution is 5.86. The maximum atomic E-state index is 10.7. The highest BCUT2D eigenvalue weighted by atomic mass is 16.5. The van der Waals surface area contributed by atoms with Crippen molar-refractivity contribution in [1.29, 1.82) is 0 Å². The van der Waals surface area contributed by atoms with Gasteiger partial charge in [-0.25, -0.2) is 0 Å². The number of aldehydes is 1. The van der Waals surface area contributed by atoms with Gasteiger partial charge in [-0.2, -0.15) is 0 Å². The Morgan fingerprint density at radius 2 is 1.73 bits per heavy atom. The summed E-state index contributed by atoms with van der Waals surface area (Å²) in [6.45, 7) is 0. The number of hydrogen-bond acceptors (Lipinski definition) is 5. The molecule has 0 aliphatic heterocycles. The second kappa shape index (κ2) is 4.54. The molecule has 0 aromatic heterocycles. The summed E-state index contributed by atoms with van der Waals surface area (Å²) in [4.78, 5) is 10.7. The van der Waals surface area contributed by atoms with Crippen LogP contribution in [0.4, 0.5) is 0 Å². The lowest BCUT2D eigenvalue weighted by Crippen LogP contribution is -1.98. The Morgan fingerprint density at radius 1 is 1.13 bits per heavy atom. The molecule has 0 radical (unpaired) electrons. The number of benzene rings is 1. The van der Waals surface area contributed by atoms with Gasteiger partial charge in [0.2, 0.25) is 5.75 Å². The molecule has 0 amide bonds. The van der Waals surface area contributed by atoms with Crippen molar-refractivity contribution in [2.45, 2.75) is 0 Å². The third kappa shape index (κ3) is 1.81. The summed E-state index contributed by atoms with van der Waals surface area (Å²) in [5.74, 6) is 0.529. The quantitative estimate of drug-likeness (QED) is 0.760. The van der Waals surface area contributed by atoms with E-state index in [0.29, 0.717) is 12.0 Å². The number of hydrogen-bond donors (Lipinski definition) is 1. The number of aromatic hydroxyl groups is 1. The molecule has 5 heteroatoms. The van der Waals surface area contributed by atoms with Crippen molar-refractivity contribution in [2.75, 3.05) is 21.3 Å². The maximum absolute atomic E-state index is 10.7. The van der Waals surface area contributed by atoms with Gasteiger partial charge in [-0.15, -0.1) is 0 Å². The summed E-state index contributed by atoms with van der Waals surface area (Å²) in [5, 5.41) is 9.51. The van der Waals surface area contributed by atoms with Gasteiger partial charge in [-0.3, -0.25) is 4.79 Å². The normalized spacial score (nSPS) is 9.53. The topological polar surface area (TPSA) is 65.0 Å². The molecular formula is C10H12O5. The van der Waals surface area contributed by atoms with Gasteiger partial charge in [0.15, 0.2) is 17.8 Å². The number of ether oxygens (including phenoxy) is 3. The van der Waals surface area contributed by atoms with E-state index < -0.39 is 0 Å². The SMILES string of the molecule is COc1cc(O)c(C=O)c(OC)c1OC. The van der Waals surface area contributed by atoms with E-state index >= 15 is 0 Å². The van der Waals surface area contributed by atoms with Crippen LogP contribution >= 0.6 is 0 Å². The Morgan fingerprint density at radius 3 is 2.13 bits per heavy atom. The molecule has 0 heterocycles. The van der Waals surface area contributed by atoms with Crippen LogP contribution in [0.2, 0.25) is 0 Å². The first kappa shape index (κ1) is 11.2. The number of carbonyl (C=O) groups is 1. The minimum atomic E-state index is -0.209. The van der Waals surface area contributed by atoms with Crippen molar-refractivity contribution in [3.05, 3.63) is 11.6 Å². The zero-order chi connectivity index (χ0) is 11.4. The standard InChI is InChI=1S/C10H12O5/c1-13-8-4-7(12)6(5-11)9(14-2)10(8)15-3/h4-5,12H,1-3H3. The highest BCUT2D eigenvalue weighted by Crippen LogP contribution is 2.43. The van der Waals surface area contributed by atoms with Crippen LogP contribution in [0.3, 0.4) is 0 Å². The lowest BCUT2D eigenvalue weighted by Gasteiger charge is -2.14. The molecule has 1 aromatic rings. The Labute approximate surface area is 87.2 Å². The maximum Gasteiger partial charge on any atom is 0.204 e. The molecule has 82 valence electrons. The molecule has 0 unspecified atom stereocenters. The van der Waals surface area contributed by atoms with E-state index in [0.717, 1.165) is 0 Å². The van der Waals surface area contributed by atoms with Crippen LogP contribution in [0.15, 0.2) is 6.07 Å². The van der Waals surface area contributed by atoms with Gasteiger partial charge in [0.05, 0.1) is 21.3 Å². The smallest absolute Gasteiger partial charge is 0.204 e. The van der Waals surface area contributed by atoms with E-state index in [-0.39, 0.29) is 22.8 Å². The fourth-order valence-corrected chi connectivity index (χ4v) is 1.28. The molecule has 0 aliphatic carbocycles. The van der Waals surface area contributed by atoms with Gasteiger partial charge in [0.1, 0.15) is 11.3 Å². The average molecular weight is 212 g/mol. The molecule has 0 fully saturated rings. The molecule has 15 heavy (non-hydrogen) atoms. The summed E-state index contributed by atoms with van der Waals surface area (Å²) in [5.41, 5.74) is 0.0372. The van der Waals surface area contributed by atoms with E-state index in [1.165, 1.54) is 27.4 Å². The molecule has 0 spiro atoms. The zero-order valence-electron chi connectivity index (χ0n) is 8.73. The Bertz CT molecular complexity index is 373. The molecule has 0 saturated carbocycles. The lowest BCUT2D eigenvalue weighted by molar-refractivity contribution is 0.111. The fraction of sp³-hybridized carbons (Fsp3) is 0.300. The summed E-state index contributed by atoms with van der Waals surface area (Å²) < 4.78 is 15.0. The van der Waals surface area contributed by atoms with E-state index in [1.807, 2.05) is 0 Å². The van der Waals surface area contributed by atoms with Crippen LogP contribution in [0.1, 0.15) is 10.4 Å². The number of phenols is 1. The molecule has 0 atom stereocenters. The van der Waals surface area contributed by atoms with E-state index in [4.69, 9.17) is 14.2 Å². The molecule has 0 bridgehead atoms. The average Bonchev–Trinajstić information content (AvgIpc) is 2.27. The van der Waals surface area contributed by atoms with Gasteiger partial charge < -0.3 is 19.3 Å². The Hall–Kier alpha value is -1.91. The molecular weight excluding hydrogens is 200 g/mol. The summed E-state index contributed by atoms with van der Waals surface area (Å²) in [7, 11) is 4.23. The minimum absolute atomic E-state index is 0.0372. The van der Waals surface area contributed by atoms with Crippen molar-refractivity contribution >= 4 is 6.29 Å². The van der Waals surface area contributed by atoms with Gasteiger partial charge in [0, 0.05) is 6.07 Å². The largest absolute Gasteiger partial charge is 0.507 e. The van der Waals surface area contributed by atoms with Crippen LogP contribution in [0, 0.1) is 0 Å². The number of phenolic OH excluding ortho intramolecular Hbond substituents is 1. The zero-order valence-corrected chi connectivity index (χ0v) is 8.73. The van der Waals surface area contributed by atoms with Crippen LogP contribution in [0.25, 0.3) is 0 Å². The van der Waals surface area contributed by atoms with Crippen molar-refractivity contribution in [1.82, 2.24) is 0 Å². The van der Waals surface area contributed by atoms with Crippen molar-refractivity contribution in [2.24, 2.45) is 0 Å². The molecule has 5 nitrogen and oxygen atoms in total. The number of carbonyl (C=O) groups excluding carboxylic acids is 1. The summed E-state index contributed by atoms with van der Waals surface area (Å²) >= 11 is 0. The van der Waals surface area contributed by atoms with E-state index in [2.05, 4.69) is 0 Å². The lowest BCUT2D eigenvalue weighted by atomic mass is 10.1. The molecule has 1 aromatic carbocycles. The number of methoxy groups -OCH3 is 3. The van der Waals surface area contributed by atoms with Crippen LogP contribution in [-0.4, -0.2) is 32.7 Å². The van der Waals surface area contributed by atoms with Gasteiger partial charge in [-0.1, -0.05) is 0 Å². The Kier molecular flexibility index (Phi) is 3.38. The van der Waals surface area contributed by atoms with Crippen LogP contribution < -0.4 is 14.2 Å². The monoisotopic (exact) mass is 212 g/mol. The van der Waals surface area contributed by atoms with Gasteiger partial charge >= 0.3 is 0 Å². The fourth-order valence-electron chi connectivity index (χ4n) is 1.28. The minimum Gasteiger partial charge on any atom is -0.507 e. The predicted octanol–water partition coefficient (Wildman–Crippen LogP) is 1.23. The predicted molar refractivity (Wildman–Crippen MR) is 53.2 cm³/mol. The summed E-state index contributed by atoms with van der Waals surface area (Å²) in [6.07, 6.45) is 0.496. The van der Waals surface area contributed by atoms with Crippen molar-refractivity contribution in [3.63, 3.8) is 0 Å². The molecule has 1 rings (SSSR count). The van der Waals surface area contributed by atoms with E-state index in [9.17, 15) is 9.90 Å². The third-order valence-electron chi connectivity index (χ3n) is 1.96. The second-order valence-corrected chi connectivity index (χ2v) is 2.70. The molecule has 1 N–H and O–H groups in total. The molecule has 0 aliphatic rings.